The van der Waals surface area contributed by atoms with E-state index in [1.165, 1.54) is 11.8 Å². The molecular formula is C24H23N5O3S. The first-order valence-electron chi connectivity index (χ1n) is 10.8. The predicted molar refractivity (Wildman–Crippen MR) is 126 cm³/mol. The molecule has 3 heterocycles. The van der Waals surface area contributed by atoms with Gasteiger partial charge >= 0.3 is 0 Å². The van der Waals surface area contributed by atoms with E-state index in [0.29, 0.717) is 42.7 Å². The summed E-state index contributed by atoms with van der Waals surface area (Å²) >= 11 is 1.34. The third-order valence-electron chi connectivity index (χ3n) is 5.96. The summed E-state index contributed by atoms with van der Waals surface area (Å²) in [6, 6.07) is 17.8. The molecule has 4 aromatic rings. The minimum absolute atomic E-state index is 0.00920. The van der Waals surface area contributed by atoms with E-state index in [1.54, 1.807) is 11.2 Å². The maximum Gasteiger partial charge on any atom is 0.233 e. The number of carbonyl (C=O) groups is 2. The number of primary amides is 1. The van der Waals surface area contributed by atoms with Crippen molar-refractivity contribution in [3.63, 3.8) is 0 Å². The van der Waals surface area contributed by atoms with Crippen LogP contribution >= 0.6 is 11.8 Å². The number of rotatable bonds is 6. The van der Waals surface area contributed by atoms with Crippen molar-refractivity contribution >= 4 is 34.3 Å². The summed E-state index contributed by atoms with van der Waals surface area (Å²) in [5.74, 6) is 0.977. The number of nitrogens with two attached hydrogens (primary N) is 1. The van der Waals surface area contributed by atoms with Crippen molar-refractivity contribution in [2.24, 2.45) is 11.7 Å². The second-order valence-electron chi connectivity index (χ2n) is 7.96. The number of furan rings is 1. The monoisotopic (exact) mass is 461 g/mol. The van der Waals surface area contributed by atoms with Gasteiger partial charge < -0.3 is 15.1 Å². The zero-order valence-electron chi connectivity index (χ0n) is 17.9. The van der Waals surface area contributed by atoms with Crippen molar-refractivity contribution in [3.05, 3.63) is 60.9 Å². The molecule has 2 N–H and O–H groups in total. The Morgan fingerprint density at radius 1 is 1.03 bits per heavy atom. The first-order valence-corrected chi connectivity index (χ1v) is 11.8. The van der Waals surface area contributed by atoms with Gasteiger partial charge in [0.25, 0.3) is 0 Å². The van der Waals surface area contributed by atoms with Crippen LogP contribution < -0.4 is 5.73 Å². The molecule has 0 bridgehead atoms. The number of hydrogen-bond donors (Lipinski definition) is 1. The van der Waals surface area contributed by atoms with Crippen molar-refractivity contribution in [2.75, 3.05) is 18.8 Å². The van der Waals surface area contributed by atoms with E-state index in [-0.39, 0.29) is 23.5 Å². The molecule has 0 atom stereocenters. The molecule has 0 unspecified atom stereocenters. The summed E-state index contributed by atoms with van der Waals surface area (Å²) in [4.78, 5) is 26.0. The minimum atomic E-state index is -0.287. The smallest absolute Gasteiger partial charge is 0.233 e. The predicted octanol–water partition coefficient (Wildman–Crippen LogP) is 3.50. The topological polar surface area (TPSA) is 107 Å². The summed E-state index contributed by atoms with van der Waals surface area (Å²) < 4.78 is 7.55. The largest absolute Gasteiger partial charge is 0.461 e. The van der Waals surface area contributed by atoms with Crippen LogP contribution in [0.1, 0.15) is 12.8 Å². The molecule has 2 aromatic heterocycles. The average Bonchev–Trinajstić information content (AvgIpc) is 3.52. The van der Waals surface area contributed by atoms with Gasteiger partial charge in [0.05, 0.1) is 17.7 Å². The zero-order valence-corrected chi connectivity index (χ0v) is 18.7. The van der Waals surface area contributed by atoms with E-state index in [9.17, 15) is 9.59 Å². The van der Waals surface area contributed by atoms with Gasteiger partial charge in [-0.2, -0.15) is 0 Å². The van der Waals surface area contributed by atoms with Gasteiger partial charge in [-0.15, -0.1) is 10.2 Å². The van der Waals surface area contributed by atoms with Crippen LogP contribution in [0, 0.1) is 5.92 Å². The molecule has 2 aromatic carbocycles. The Morgan fingerprint density at radius 3 is 2.58 bits per heavy atom. The van der Waals surface area contributed by atoms with Crippen molar-refractivity contribution in [1.29, 1.82) is 0 Å². The summed E-state index contributed by atoms with van der Waals surface area (Å²) in [5.41, 5.74) is 6.32. The Balaban J connectivity index is 1.43. The molecule has 1 aliphatic rings. The van der Waals surface area contributed by atoms with E-state index in [2.05, 4.69) is 28.4 Å². The number of nitrogens with zero attached hydrogens (tertiary/aromatic N) is 4. The molecule has 8 nitrogen and oxygen atoms in total. The number of amides is 2. The van der Waals surface area contributed by atoms with Gasteiger partial charge in [-0.1, -0.05) is 48.2 Å². The standard InChI is InChI=1S/C24H23N5O3S/c25-22(31)17-10-12-28(13-11-17)21(30)15-33-24-27-26-23(20-9-4-14-32-20)29(24)19-8-3-6-16-5-1-2-7-18(16)19/h1-9,14,17H,10-13,15H2,(H2,25,31). The number of likely N-dealkylation sites (tertiary alicyclic amines) is 1. The Bertz CT molecular complexity index is 1290. The number of carbonyl (C=O) groups excluding carboxylic acids is 2. The Labute approximate surface area is 194 Å². The van der Waals surface area contributed by atoms with Crippen LogP contribution in [0.25, 0.3) is 28.0 Å². The van der Waals surface area contributed by atoms with Crippen molar-refractivity contribution in [1.82, 2.24) is 19.7 Å². The SMILES string of the molecule is NC(=O)C1CCN(C(=O)CSc2nnc(-c3ccco3)n2-c2cccc3ccccc23)CC1. The second-order valence-corrected chi connectivity index (χ2v) is 8.91. The van der Waals surface area contributed by atoms with Crippen molar-refractivity contribution < 1.29 is 14.0 Å². The molecule has 1 fully saturated rings. The van der Waals surface area contributed by atoms with Crippen LogP contribution in [0.2, 0.25) is 0 Å². The second kappa shape index (κ2) is 9.11. The highest BCUT2D eigenvalue weighted by Gasteiger charge is 2.27. The van der Waals surface area contributed by atoms with E-state index >= 15 is 0 Å². The number of hydrogen-bond acceptors (Lipinski definition) is 6. The molecule has 5 rings (SSSR count). The highest BCUT2D eigenvalue weighted by Crippen LogP contribution is 2.32. The molecule has 0 saturated carbocycles. The van der Waals surface area contributed by atoms with Gasteiger partial charge in [0, 0.05) is 24.4 Å². The van der Waals surface area contributed by atoms with E-state index in [1.807, 2.05) is 41.0 Å². The van der Waals surface area contributed by atoms with Gasteiger partial charge in [0.1, 0.15) is 0 Å². The normalized spacial score (nSPS) is 14.6. The number of thioether (sulfide) groups is 1. The van der Waals surface area contributed by atoms with Crippen LogP contribution in [-0.2, 0) is 9.59 Å². The van der Waals surface area contributed by atoms with Gasteiger partial charge in [-0.3, -0.25) is 14.2 Å². The first kappa shape index (κ1) is 21.3. The van der Waals surface area contributed by atoms with Crippen LogP contribution in [0.5, 0.6) is 0 Å². The van der Waals surface area contributed by atoms with Crippen LogP contribution in [0.3, 0.4) is 0 Å². The fourth-order valence-corrected chi connectivity index (χ4v) is 5.03. The molecule has 1 aliphatic heterocycles. The van der Waals surface area contributed by atoms with Crippen LogP contribution in [0.4, 0.5) is 0 Å². The first-order chi connectivity index (χ1) is 16.1. The Kier molecular flexibility index (Phi) is 5.87. The lowest BCUT2D eigenvalue weighted by molar-refractivity contribution is -0.132. The average molecular weight is 462 g/mol. The van der Waals surface area contributed by atoms with Gasteiger partial charge in [-0.25, -0.2) is 0 Å². The van der Waals surface area contributed by atoms with Crippen molar-refractivity contribution in [2.45, 2.75) is 18.0 Å². The molecular weight excluding hydrogens is 438 g/mol. The fourth-order valence-electron chi connectivity index (χ4n) is 4.18. The molecule has 0 aliphatic carbocycles. The lowest BCUT2D eigenvalue weighted by Gasteiger charge is -2.30. The number of piperidine rings is 1. The fraction of sp³-hybridized carbons (Fsp3) is 0.250. The highest BCUT2D eigenvalue weighted by molar-refractivity contribution is 7.99. The maximum atomic E-state index is 12.9. The summed E-state index contributed by atoms with van der Waals surface area (Å²) in [6.07, 6.45) is 2.82. The van der Waals surface area contributed by atoms with Gasteiger partial charge in [-0.05, 0) is 36.4 Å². The molecule has 168 valence electrons. The molecule has 0 radical (unpaired) electrons. The molecule has 0 spiro atoms. The third kappa shape index (κ3) is 4.23. The van der Waals surface area contributed by atoms with E-state index in [4.69, 9.17) is 10.2 Å². The van der Waals surface area contributed by atoms with Crippen LogP contribution in [-0.4, -0.2) is 50.3 Å². The lowest BCUT2D eigenvalue weighted by atomic mass is 9.96. The minimum Gasteiger partial charge on any atom is -0.461 e. The number of fused-ring (bicyclic) bond motifs is 1. The van der Waals surface area contributed by atoms with Crippen molar-refractivity contribution in [3.8, 4) is 17.3 Å². The molecule has 2 amide bonds. The molecule has 9 heteroatoms. The summed E-state index contributed by atoms with van der Waals surface area (Å²) in [6.45, 7) is 1.08. The summed E-state index contributed by atoms with van der Waals surface area (Å²) in [5, 5.41) is 11.5. The molecule has 1 saturated heterocycles. The van der Waals surface area contributed by atoms with Gasteiger partial charge in [0.15, 0.2) is 10.9 Å². The zero-order chi connectivity index (χ0) is 22.8. The Morgan fingerprint density at radius 2 is 1.82 bits per heavy atom. The number of aromatic nitrogens is 3. The lowest BCUT2D eigenvalue weighted by Crippen LogP contribution is -2.42. The van der Waals surface area contributed by atoms with Gasteiger partial charge in [0.2, 0.25) is 17.6 Å². The Hall–Kier alpha value is -3.59. The van der Waals surface area contributed by atoms with Crippen LogP contribution in [0.15, 0.2) is 70.4 Å². The van der Waals surface area contributed by atoms with E-state index < -0.39 is 0 Å². The number of benzene rings is 2. The maximum absolute atomic E-state index is 12.9. The summed E-state index contributed by atoms with van der Waals surface area (Å²) in [7, 11) is 0. The third-order valence-corrected chi connectivity index (χ3v) is 6.87. The molecule has 33 heavy (non-hydrogen) atoms. The van der Waals surface area contributed by atoms with E-state index in [0.717, 1.165) is 16.5 Å². The quantitative estimate of drug-likeness (QED) is 0.441. The highest BCUT2D eigenvalue weighted by atomic mass is 32.2.